The third-order valence-corrected chi connectivity index (χ3v) is 5.73. The van der Waals surface area contributed by atoms with Crippen molar-refractivity contribution >= 4 is 21.6 Å². The molecule has 0 saturated heterocycles. The fraction of sp³-hybridized carbons (Fsp3) is 0.632. The maximum Gasteiger partial charge on any atom is 0.243 e. The molecule has 25 heavy (non-hydrogen) atoms. The van der Waals surface area contributed by atoms with E-state index in [0.29, 0.717) is 18.2 Å². The molecule has 1 N–H and O–H groups in total. The average Bonchev–Trinajstić information content (AvgIpc) is 2.55. The van der Waals surface area contributed by atoms with Gasteiger partial charge < -0.3 is 5.32 Å². The molecule has 0 aliphatic heterocycles. The zero-order chi connectivity index (χ0) is 19.0. The van der Waals surface area contributed by atoms with Gasteiger partial charge in [0.15, 0.2) is 0 Å². The summed E-state index contributed by atoms with van der Waals surface area (Å²) in [5, 5.41) is 2.93. The SMILES string of the molecule is CCCC[C@H](CC)CNC(=O)[C@@H](C)N(c1ccc(C)cc1)S(C)(=O)=O. The summed E-state index contributed by atoms with van der Waals surface area (Å²) in [5.41, 5.74) is 1.55. The van der Waals surface area contributed by atoms with E-state index in [1.54, 1.807) is 19.1 Å². The van der Waals surface area contributed by atoms with E-state index in [1.165, 1.54) is 4.31 Å². The van der Waals surface area contributed by atoms with Crippen LogP contribution in [-0.4, -0.2) is 33.2 Å². The van der Waals surface area contributed by atoms with Gasteiger partial charge in [0.1, 0.15) is 6.04 Å². The van der Waals surface area contributed by atoms with Crippen molar-refractivity contribution in [3.05, 3.63) is 29.8 Å². The van der Waals surface area contributed by atoms with Crippen LogP contribution in [0.4, 0.5) is 5.69 Å². The van der Waals surface area contributed by atoms with Gasteiger partial charge in [0, 0.05) is 6.54 Å². The van der Waals surface area contributed by atoms with Crippen molar-refractivity contribution in [3.63, 3.8) is 0 Å². The second-order valence-corrected chi connectivity index (χ2v) is 8.59. The van der Waals surface area contributed by atoms with Gasteiger partial charge in [-0.15, -0.1) is 0 Å². The predicted octanol–water partition coefficient (Wildman–Crippen LogP) is 3.48. The fourth-order valence-corrected chi connectivity index (χ4v) is 4.01. The van der Waals surface area contributed by atoms with Crippen LogP contribution in [0.25, 0.3) is 0 Å². The predicted molar refractivity (Wildman–Crippen MR) is 104 cm³/mol. The van der Waals surface area contributed by atoms with E-state index in [4.69, 9.17) is 0 Å². The van der Waals surface area contributed by atoms with Crippen LogP contribution in [-0.2, 0) is 14.8 Å². The molecular weight excluding hydrogens is 336 g/mol. The molecule has 2 atom stereocenters. The molecule has 1 amide bonds. The summed E-state index contributed by atoms with van der Waals surface area (Å²) in [6.07, 6.45) is 5.49. The number of aryl methyl sites for hydroxylation is 1. The number of rotatable bonds is 10. The molecule has 0 heterocycles. The summed E-state index contributed by atoms with van der Waals surface area (Å²) in [6.45, 7) is 8.42. The van der Waals surface area contributed by atoms with Crippen molar-refractivity contribution in [3.8, 4) is 0 Å². The summed E-state index contributed by atoms with van der Waals surface area (Å²) in [4.78, 5) is 12.5. The van der Waals surface area contributed by atoms with E-state index in [9.17, 15) is 13.2 Å². The zero-order valence-corrected chi connectivity index (χ0v) is 16.9. The first-order valence-electron chi connectivity index (χ1n) is 9.04. The van der Waals surface area contributed by atoms with Gasteiger partial charge in [-0.1, -0.05) is 50.8 Å². The van der Waals surface area contributed by atoms with Gasteiger partial charge in [-0.2, -0.15) is 0 Å². The number of nitrogens with one attached hydrogen (secondary N) is 1. The van der Waals surface area contributed by atoms with Crippen LogP contribution in [0.1, 0.15) is 52.0 Å². The van der Waals surface area contributed by atoms with Crippen molar-refractivity contribution in [1.29, 1.82) is 0 Å². The second kappa shape index (κ2) is 9.80. The molecule has 0 spiro atoms. The Morgan fingerprint density at radius 2 is 1.80 bits per heavy atom. The molecule has 0 aromatic heterocycles. The number of carbonyl (C=O) groups is 1. The summed E-state index contributed by atoms with van der Waals surface area (Å²) < 4.78 is 25.7. The topological polar surface area (TPSA) is 66.5 Å². The van der Waals surface area contributed by atoms with Crippen molar-refractivity contribution in [2.75, 3.05) is 17.1 Å². The minimum absolute atomic E-state index is 0.263. The number of benzene rings is 1. The maximum atomic E-state index is 12.5. The molecule has 142 valence electrons. The molecule has 1 rings (SSSR count). The number of carbonyl (C=O) groups excluding carboxylic acids is 1. The van der Waals surface area contributed by atoms with E-state index in [2.05, 4.69) is 19.2 Å². The molecule has 0 unspecified atom stereocenters. The Labute approximate surface area is 152 Å². The summed E-state index contributed by atoms with van der Waals surface area (Å²) in [7, 11) is -3.56. The van der Waals surface area contributed by atoms with Gasteiger partial charge in [-0.3, -0.25) is 9.10 Å². The van der Waals surface area contributed by atoms with Crippen LogP contribution in [0.3, 0.4) is 0 Å². The number of hydrogen-bond acceptors (Lipinski definition) is 3. The van der Waals surface area contributed by atoms with Crippen LogP contribution >= 0.6 is 0 Å². The Hall–Kier alpha value is -1.56. The Kier molecular flexibility index (Phi) is 8.42. The molecule has 1 aromatic rings. The Balaban J connectivity index is 2.85. The third kappa shape index (κ3) is 6.69. The van der Waals surface area contributed by atoms with Crippen LogP contribution < -0.4 is 9.62 Å². The molecule has 5 nitrogen and oxygen atoms in total. The number of hydrogen-bond donors (Lipinski definition) is 1. The van der Waals surface area contributed by atoms with Gasteiger partial charge in [0.05, 0.1) is 11.9 Å². The van der Waals surface area contributed by atoms with Crippen molar-refractivity contribution in [1.82, 2.24) is 5.32 Å². The molecule has 0 saturated carbocycles. The Morgan fingerprint density at radius 3 is 2.28 bits per heavy atom. The molecular formula is C19H32N2O3S. The monoisotopic (exact) mass is 368 g/mol. The maximum absolute atomic E-state index is 12.5. The van der Waals surface area contributed by atoms with E-state index in [1.807, 2.05) is 19.1 Å². The lowest BCUT2D eigenvalue weighted by molar-refractivity contribution is -0.122. The average molecular weight is 369 g/mol. The second-order valence-electron chi connectivity index (χ2n) is 6.73. The van der Waals surface area contributed by atoms with Gasteiger partial charge in [-0.05, 0) is 38.3 Å². The van der Waals surface area contributed by atoms with E-state index in [-0.39, 0.29) is 5.91 Å². The van der Waals surface area contributed by atoms with Crippen LogP contribution in [0.5, 0.6) is 0 Å². The van der Waals surface area contributed by atoms with Crippen molar-refractivity contribution in [2.45, 2.75) is 59.4 Å². The highest BCUT2D eigenvalue weighted by molar-refractivity contribution is 7.92. The number of unbranched alkanes of at least 4 members (excludes halogenated alkanes) is 1. The molecule has 0 aliphatic rings. The first kappa shape index (κ1) is 21.5. The van der Waals surface area contributed by atoms with Gasteiger partial charge >= 0.3 is 0 Å². The molecule has 0 fully saturated rings. The van der Waals surface area contributed by atoms with E-state index < -0.39 is 16.1 Å². The Bertz CT molecular complexity index is 641. The van der Waals surface area contributed by atoms with Crippen molar-refractivity contribution < 1.29 is 13.2 Å². The quantitative estimate of drug-likeness (QED) is 0.687. The standard InChI is InChI=1S/C19H32N2O3S/c1-6-8-9-17(7-2)14-20-19(22)16(4)21(25(5,23)24)18-12-10-15(3)11-13-18/h10-13,16-17H,6-9,14H2,1-5H3,(H,20,22)/t16-,17+/m1/s1. The highest BCUT2D eigenvalue weighted by Crippen LogP contribution is 2.21. The van der Waals surface area contributed by atoms with Gasteiger partial charge in [-0.25, -0.2) is 8.42 Å². The summed E-state index contributed by atoms with van der Waals surface area (Å²) >= 11 is 0. The lowest BCUT2D eigenvalue weighted by Crippen LogP contribution is -2.48. The number of anilines is 1. The largest absolute Gasteiger partial charge is 0.354 e. The van der Waals surface area contributed by atoms with Crippen LogP contribution in [0.15, 0.2) is 24.3 Å². The first-order chi connectivity index (χ1) is 11.7. The van der Waals surface area contributed by atoms with E-state index in [0.717, 1.165) is 37.5 Å². The highest BCUT2D eigenvalue weighted by Gasteiger charge is 2.29. The van der Waals surface area contributed by atoms with Gasteiger partial charge in [0.25, 0.3) is 0 Å². The molecule has 0 bridgehead atoms. The first-order valence-corrected chi connectivity index (χ1v) is 10.9. The van der Waals surface area contributed by atoms with Gasteiger partial charge in [0.2, 0.25) is 15.9 Å². The van der Waals surface area contributed by atoms with Crippen LogP contribution in [0, 0.1) is 12.8 Å². The minimum atomic E-state index is -3.56. The lowest BCUT2D eigenvalue weighted by atomic mass is 9.99. The molecule has 1 aromatic carbocycles. The van der Waals surface area contributed by atoms with Crippen molar-refractivity contribution in [2.24, 2.45) is 5.92 Å². The molecule has 6 heteroatoms. The van der Waals surface area contributed by atoms with Crippen LogP contribution in [0.2, 0.25) is 0 Å². The summed E-state index contributed by atoms with van der Waals surface area (Å²) in [5.74, 6) is 0.170. The highest BCUT2D eigenvalue weighted by atomic mass is 32.2. The number of nitrogens with zero attached hydrogens (tertiary/aromatic N) is 1. The number of amides is 1. The normalized spacial score (nSPS) is 14.0. The third-order valence-electron chi connectivity index (χ3n) is 4.49. The van der Waals surface area contributed by atoms with E-state index >= 15 is 0 Å². The Morgan fingerprint density at radius 1 is 1.20 bits per heavy atom. The summed E-state index contributed by atoms with van der Waals surface area (Å²) in [6, 6.07) is 6.36. The number of sulfonamides is 1. The smallest absolute Gasteiger partial charge is 0.243 e. The minimum Gasteiger partial charge on any atom is -0.354 e. The zero-order valence-electron chi connectivity index (χ0n) is 16.1. The fourth-order valence-electron chi connectivity index (χ4n) is 2.84. The molecule has 0 aliphatic carbocycles. The lowest BCUT2D eigenvalue weighted by Gasteiger charge is -2.29. The molecule has 0 radical (unpaired) electrons.